The van der Waals surface area contributed by atoms with Gasteiger partial charge in [0.15, 0.2) is 0 Å². The molecule has 4 nitrogen and oxygen atoms in total. The van der Waals surface area contributed by atoms with Gasteiger partial charge in [0.2, 0.25) is 0 Å². The van der Waals surface area contributed by atoms with E-state index in [1.165, 1.54) is 5.56 Å². The zero-order valence-electron chi connectivity index (χ0n) is 12.0. The van der Waals surface area contributed by atoms with Gasteiger partial charge in [0.05, 0.1) is 11.6 Å². The zero-order chi connectivity index (χ0) is 14.1. The molecule has 20 heavy (non-hydrogen) atoms. The van der Waals surface area contributed by atoms with Crippen molar-refractivity contribution in [1.82, 2.24) is 9.88 Å². The van der Waals surface area contributed by atoms with E-state index in [1.54, 1.807) is 0 Å². The lowest BCUT2D eigenvalue weighted by Gasteiger charge is -2.27. The van der Waals surface area contributed by atoms with E-state index in [0.717, 1.165) is 36.2 Å². The molecule has 106 valence electrons. The minimum absolute atomic E-state index is 0.299. The number of hydrogen-bond donors (Lipinski definition) is 1. The lowest BCUT2D eigenvalue weighted by atomic mass is 10.1. The van der Waals surface area contributed by atoms with Crippen molar-refractivity contribution in [1.29, 1.82) is 0 Å². The van der Waals surface area contributed by atoms with Gasteiger partial charge in [-0.05, 0) is 44.2 Å². The summed E-state index contributed by atoms with van der Waals surface area (Å²) in [5.41, 5.74) is 9.04. The fourth-order valence-corrected chi connectivity index (χ4v) is 3.07. The molecular weight excluding hydrogens is 250 g/mol. The third-order valence-corrected chi connectivity index (χ3v) is 4.21. The molecule has 0 bridgehead atoms. The molecule has 0 aliphatic carbocycles. The summed E-state index contributed by atoms with van der Waals surface area (Å²) in [6.07, 6.45) is 3.22. The topological polar surface area (TPSA) is 51.4 Å². The first-order valence-electron chi connectivity index (χ1n) is 7.11. The molecule has 1 aliphatic rings. The number of benzene rings is 1. The van der Waals surface area contributed by atoms with Crippen LogP contribution >= 0.6 is 0 Å². The highest BCUT2D eigenvalue weighted by molar-refractivity contribution is 5.92. The highest BCUT2D eigenvalue weighted by Gasteiger charge is 2.28. The molecule has 1 aliphatic heterocycles. The number of anilines is 1. The van der Waals surface area contributed by atoms with E-state index in [0.29, 0.717) is 12.1 Å². The molecular formula is C16H21N3O. The van der Waals surface area contributed by atoms with Gasteiger partial charge >= 0.3 is 0 Å². The summed E-state index contributed by atoms with van der Waals surface area (Å²) in [6.45, 7) is 3.87. The molecule has 4 heteroatoms. The van der Waals surface area contributed by atoms with Crippen molar-refractivity contribution in [3.8, 4) is 0 Å². The van der Waals surface area contributed by atoms with Crippen LogP contribution in [-0.2, 0) is 11.3 Å². The molecule has 2 N–H and O–H groups in total. The van der Waals surface area contributed by atoms with E-state index in [9.17, 15) is 0 Å². The van der Waals surface area contributed by atoms with Gasteiger partial charge in [-0.2, -0.15) is 0 Å². The summed E-state index contributed by atoms with van der Waals surface area (Å²) in [5, 5.41) is 1.04. The summed E-state index contributed by atoms with van der Waals surface area (Å²) in [4.78, 5) is 6.86. The maximum absolute atomic E-state index is 6.03. The number of nitrogens with two attached hydrogens (primary N) is 1. The summed E-state index contributed by atoms with van der Waals surface area (Å²) < 4.78 is 5.65. The SMILES string of the molecule is CC1OCCC1N(C)Cc1ccc(N)c2cccnc12. The Balaban J connectivity index is 1.89. The van der Waals surface area contributed by atoms with Crippen molar-refractivity contribution < 1.29 is 4.74 Å². The summed E-state index contributed by atoms with van der Waals surface area (Å²) in [5.74, 6) is 0. The Kier molecular flexibility index (Phi) is 3.59. The fourth-order valence-electron chi connectivity index (χ4n) is 3.07. The van der Waals surface area contributed by atoms with Crippen molar-refractivity contribution in [3.05, 3.63) is 36.0 Å². The van der Waals surface area contributed by atoms with Gasteiger partial charge in [0.25, 0.3) is 0 Å². The van der Waals surface area contributed by atoms with Gasteiger partial charge in [-0.3, -0.25) is 9.88 Å². The Morgan fingerprint density at radius 3 is 3.00 bits per heavy atom. The quantitative estimate of drug-likeness (QED) is 0.871. The lowest BCUT2D eigenvalue weighted by molar-refractivity contribution is 0.0815. The molecule has 1 fully saturated rings. The van der Waals surface area contributed by atoms with E-state index in [-0.39, 0.29) is 0 Å². The molecule has 2 heterocycles. The van der Waals surface area contributed by atoms with Gasteiger partial charge in [0, 0.05) is 36.5 Å². The average Bonchev–Trinajstić information content (AvgIpc) is 2.88. The van der Waals surface area contributed by atoms with Crippen LogP contribution in [0.15, 0.2) is 30.5 Å². The van der Waals surface area contributed by atoms with Crippen molar-refractivity contribution in [2.24, 2.45) is 0 Å². The number of ether oxygens (including phenoxy) is 1. The van der Waals surface area contributed by atoms with E-state index in [4.69, 9.17) is 10.5 Å². The third-order valence-electron chi connectivity index (χ3n) is 4.21. The largest absolute Gasteiger partial charge is 0.398 e. The maximum atomic E-state index is 6.03. The zero-order valence-corrected chi connectivity index (χ0v) is 12.0. The number of rotatable bonds is 3. The second-order valence-electron chi connectivity index (χ2n) is 5.56. The monoisotopic (exact) mass is 271 g/mol. The molecule has 2 unspecified atom stereocenters. The summed E-state index contributed by atoms with van der Waals surface area (Å²) in [6, 6.07) is 8.50. The Labute approximate surface area is 119 Å². The standard InChI is InChI=1S/C16H21N3O/c1-11-15(7-9-20-11)19(2)10-12-5-6-14(17)13-4-3-8-18-16(12)13/h3-6,8,11,15H,7,9-10,17H2,1-2H3. The highest BCUT2D eigenvalue weighted by atomic mass is 16.5. The number of pyridine rings is 1. The van der Waals surface area contributed by atoms with Crippen LogP contribution in [0.3, 0.4) is 0 Å². The van der Waals surface area contributed by atoms with Crippen molar-refractivity contribution in [2.75, 3.05) is 19.4 Å². The summed E-state index contributed by atoms with van der Waals surface area (Å²) >= 11 is 0. The van der Waals surface area contributed by atoms with Crippen molar-refractivity contribution in [2.45, 2.75) is 32.0 Å². The molecule has 1 aromatic carbocycles. The Bertz CT molecular complexity index is 614. The number of fused-ring (bicyclic) bond motifs is 1. The third kappa shape index (κ3) is 2.37. The Morgan fingerprint density at radius 2 is 2.25 bits per heavy atom. The van der Waals surface area contributed by atoms with Crippen molar-refractivity contribution >= 4 is 16.6 Å². The molecule has 1 aromatic heterocycles. The molecule has 1 saturated heterocycles. The second kappa shape index (κ2) is 5.38. The minimum atomic E-state index is 0.299. The predicted octanol–water partition coefficient (Wildman–Crippen LogP) is 2.43. The van der Waals surface area contributed by atoms with Gasteiger partial charge in [-0.15, -0.1) is 0 Å². The van der Waals surface area contributed by atoms with Crippen LogP contribution in [0.5, 0.6) is 0 Å². The number of hydrogen-bond acceptors (Lipinski definition) is 4. The smallest absolute Gasteiger partial charge is 0.0767 e. The molecule has 2 aromatic rings. The Morgan fingerprint density at radius 1 is 1.40 bits per heavy atom. The van der Waals surface area contributed by atoms with Gasteiger partial charge in [0.1, 0.15) is 0 Å². The van der Waals surface area contributed by atoms with Crippen LogP contribution in [0, 0.1) is 0 Å². The maximum Gasteiger partial charge on any atom is 0.0767 e. The average molecular weight is 271 g/mol. The minimum Gasteiger partial charge on any atom is -0.398 e. The number of likely N-dealkylation sites (N-methyl/N-ethyl adjacent to an activating group) is 1. The van der Waals surface area contributed by atoms with Gasteiger partial charge < -0.3 is 10.5 Å². The lowest BCUT2D eigenvalue weighted by Crippen LogP contribution is -2.36. The summed E-state index contributed by atoms with van der Waals surface area (Å²) in [7, 11) is 2.15. The second-order valence-corrected chi connectivity index (χ2v) is 5.56. The number of aromatic nitrogens is 1. The van der Waals surface area contributed by atoms with Gasteiger partial charge in [-0.25, -0.2) is 0 Å². The van der Waals surface area contributed by atoms with Crippen LogP contribution in [0.25, 0.3) is 10.9 Å². The van der Waals surface area contributed by atoms with Crippen LogP contribution < -0.4 is 5.73 Å². The molecule has 0 spiro atoms. The van der Waals surface area contributed by atoms with E-state index < -0.39 is 0 Å². The van der Waals surface area contributed by atoms with Crippen LogP contribution in [0.4, 0.5) is 5.69 Å². The number of nitrogens with zero attached hydrogens (tertiary/aromatic N) is 2. The molecule has 2 atom stereocenters. The highest BCUT2D eigenvalue weighted by Crippen LogP contribution is 2.25. The van der Waals surface area contributed by atoms with E-state index in [2.05, 4.69) is 29.9 Å². The van der Waals surface area contributed by atoms with Crippen LogP contribution in [0.1, 0.15) is 18.9 Å². The molecule has 0 saturated carbocycles. The van der Waals surface area contributed by atoms with Crippen molar-refractivity contribution in [3.63, 3.8) is 0 Å². The first kappa shape index (κ1) is 13.3. The predicted molar refractivity (Wildman–Crippen MR) is 81.4 cm³/mol. The van der Waals surface area contributed by atoms with E-state index >= 15 is 0 Å². The van der Waals surface area contributed by atoms with Crippen LogP contribution in [0.2, 0.25) is 0 Å². The molecule has 0 radical (unpaired) electrons. The van der Waals surface area contributed by atoms with Crippen LogP contribution in [-0.4, -0.2) is 35.7 Å². The molecule has 0 amide bonds. The molecule has 3 rings (SSSR count). The fraction of sp³-hybridized carbons (Fsp3) is 0.438. The Hall–Kier alpha value is -1.65. The first-order chi connectivity index (χ1) is 9.66. The number of nitrogen functional groups attached to an aromatic ring is 1. The van der Waals surface area contributed by atoms with Gasteiger partial charge in [-0.1, -0.05) is 6.07 Å². The first-order valence-corrected chi connectivity index (χ1v) is 7.11. The van der Waals surface area contributed by atoms with E-state index in [1.807, 2.05) is 24.4 Å². The normalized spacial score (nSPS) is 22.8.